The Kier molecular flexibility index (Phi) is 8.14. The van der Waals surface area contributed by atoms with Crippen LogP contribution in [-0.4, -0.2) is 36.3 Å². The molecule has 1 aromatic rings. The fourth-order valence-corrected chi connectivity index (χ4v) is 3.08. The summed E-state index contributed by atoms with van der Waals surface area (Å²) in [6.07, 6.45) is 3.02. The molecule has 0 aliphatic heterocycles. The molecular formula is C8H15ClN2S3. The third kappa shape index (κ3) is 6.14. The van der Waals surface area contributed by atoms with Gasteiger partial charge in [0.25, 0.3) is 0 Å². The number of hydrogen-bond donors (Lipinski definition) is 1. The highest BCUT2D eigenvalue weighted by Gasteiger charge is 1.99. The van der Waals surface area contributed by atoms with Crippen molar-refractivity contribution in [1.82, 2.24) is 9.88 Å². The summed E-state index contributed by atoms with van der Waals surface area (Å²) >= 11 is 7.68. The van der Waals surface area contributed by atoms with Crippen molar-refractivity contribution in [2.24, 2.45) is 0 Å². The number of hydrogen-bond acceptors (Lipinski definition) is 5. The van der Waals surface area contributed by atoms with Crippen LogP contribution in [0.3, 0.4) is 0 Å². The van der Waals surface area contributed by atoms with Gasteiger partial charge in [-0.15, -0.1) is 36.4 Å². The zero-order valence-corrected chi connectivity index (χ0v) is 11.6. The van der Waals surface area contributed by atoms with Gasteiger partial charge in [0, 0.05) is 5.75 Å². The number of aromatic nitrogens is 1. The third-order valence-electron chi connectivity index (χ3n) is 1.45. The fraction of sp³-hybridized carbons (Fsp3) is 0.625. The van der Waals surface area contributed by atoms with Gasteiger partial charge in [0.2, 0.25) is 0 Å². The second-order valence-electron chi connectivity index (χ2n) is 2.97. The summed E-state index contributed by atoms with van der Waals surface area (Å²) in [6.45, 7) is 1.14. The number of rotatable bonds is 5. The summed E-state index contributed by atoms with van der Waals surface area (Å²) in [5, 5.41) is 0. The van der Waals surface area contributed by atoms with Gasteiger partial charge in [-0.3, -0.25) is 0 Å². The molecule has 0 spiro atoms. The van der Waals surface area contributed by atoms with Gasteiger partial charge in [-0.2, -0.15) is 0 Å². The predicted octanol–water partition coefficient (Wildman–Crippen LogP) is 2.90. The van der Waals surface area contributed by atoms with Gasteiger partial charge in [-0.1, -0.05) is 11.8 Å². The second kappa shape index (κ2) is 7.82. The lowest BCUT2D eigenvalue weighted by molar-refractivity contribution is 0.410. The highest BCUT2D eigenvalue weighted by molar-refractivity contribution is 8.01. The molecule has 6 heteroatoms. The molecule has 1 aromatic heterocycles. The minimum atomic E-state index is 0. The summed E-state index contributed by atoms with van der Waals surface area (Å²) in [4.78, 5) is 6.42. The molecule has 0 N–H and O–H groups in total. The van der Waals surface area contributed by atoms with Gasteiger partial charge in [0.05, 0.1) is 10.4 Å². The molecule has 1 rings (SSSR count). The molecule has 0 bridgehead atoms. The number of thioether (sulfide) groups is 1. The molecule has 0 radical (unpaired) electrons. The second-order valence-corrected chi connectivity index (χ2v) is 6.13. The van der Waals surface area contributed by atoms with E-state index in [1.807, 2.05) is 18.0 Å². The predicted molar refractivity (Wildman–Crippen MR) is 70.5 cm³/mol. The van der Waals surface area contributed by atoms with Crippen LogP contribution in [-0.2, 0) is 0 Å². The summed E-state index contributed by atoms with van der Waals surface area (Å²) in [5.41, 5.74) is 0. The number of halogens is 1. The first kappa shape index (κ1) is 14.6. The Morgan fingerprint density at radius 1 is 1.57 bits per heavy atom. The van der Waals surface area contributed by atoms with Crippen molar-refractivity contribution in [2.45, 2.75) is 15.0 Å². The molecule has 0 aliphatic carbocycles. The average Bonchev–Trinajstić information content (AvgIpc) is 2.45. The molecule has 0 atom stereocenters. The van der Waals surface area contributed by atoms with Crippen LogP contribution in [0.4, 0.5) is 0 Å². The Hall–Kier alpha value is 0.580. The van der Waals surface area contributed by atoms with Crippen molar-refractivity contribution in [2.75, 3.05) is 26.4 Å². The lowest BCUT2D eigenvalue weighted by atomic mass is 10.5. The van der Waals surface area contributed by atoms with Gasteiger partial charge in [-0.05, 0) is 27.1 Å². The van der Waals surface area contributed by atoms with Crippen LogP contribution in [0.1, 0.15) is 6.42 Å². The van der Waals surface area contributed by atoms with Crippen molar-refractivity contribution in [3.8, 4) is 0 Å². The van der Waals surface area contributed by atoms with Gasteiger partial charge < -0.3 is 4.90 Å². The van der Waals surface area contributed by atoms with Gasteiger partial charge >= 0.3 is 0 Å². The minimum Gasteiger partial charge on any atom is -0.309 e. The monoisotopic (exact) mass is 270 g/mol. The highest BCUT2D eigenvalue weighted by atomic mass is 35.5. The Labute approximate surface area is 105 Å². The van der Waals surface area contributed by atoms with E-state index in [9.17, 15) is 0 Å². The van der Waals surface area contributed by atoms with E-state index >= 15 is 0 Å². The lowest BCUT2D eigenvalue weighted by Crippen LogP contribution is -2.13. The zero-order chi connectivity index (χ0) is 9.68. The first-order valence-electron chi connectivity index (χ1n) is 4.11. The van der Waals surface area contributed by atoms with Gasteiger partial charge in [0.15, 0.2) is 4.34 Å². The van der Waals surface area contributed by atoms with E-state index in [1.54, 1.807) is 11.3 Å². The van der Waals surface area contributed by atoms with Crippen LogP contribution in [0, 0.1) is 0 Å². The maximum atomic E-state index is 4.22. The number of thiol groups is 1. The molecule has 82 valence electrons. The van der Waals surface area contributed by atoms with Crippen molar-refractivity contribution in [3.63, 3.8) is 0 Å². The Balaban J connectivity index is 0.00000169. The summed E-state index contributed by atoms with van der Waals surface area (Å²) in [6, 6.07) is 0. The van der Waals surface area contributed by atoms with Gasteiger partial charge in [0.1, 0.15) is 0 Å². The summed E-state index contributed by atoms with van der Waals surface area (Å²) < 4.78 is 2.12. The maximum absolute atomic E-state index is 4.22. The SMILES string of the molecule is CN(C)CCCSc1ncc(S)s1.Cl. The van der Waals surface area contributed by atoms with E-state index in [0.717, 1.165) is 20.8 Å². The van der Waals surface area contributed by atoms with Crippen LogP contribution in [0.5, 0.6) is 0 Å². The standard InChI is InChI=1S/C8H14N2S3.ClH/c1-10(2)4-3-5-12-8-9-6-7(11)13-8;/h6,11H,3-5H2,1-2H3;1H. The van der Waals surface area contributed by atoms with Crippen LogP contribution < -0.4 is 0 Å². The lowest BCUT2D eigenvalue weighted by Gasteiger charge is -2.07. The van der Waals surface area contributed by atoms with E-state index in [-0.39, 0.29) is 12.4 Å². The third-order valence-corrected chi connectivity index (χ3v) is 3.88. The molecule has 0 fully saturated rings. The van der Waals surface area contributed by atoms with Crippen molar-refractivity contribution < 1.29 is 0 Å². The summed E-state index contributed by atoms with van der Waals surface area (Å²) in [7, 11) is 4.19. The average molecular weight is 271 g/mol. The normalized spacial score (nSPS) is 10.3. The molecule has 0 saturated heterocycles. The molecule has 2 nitrogen and oxygen atoms in total. The Morgan fingerprint density at radius 3 is 2.79 bits per heavy atom. The smallest absolute Gasteiger partial charge is 0.150 e. The van der Waals surface area contributed by atoms with Crippen molar-refractivity contribution >= 4 is 48.1 Å². The number of nitrogens with zero attached hydrogens (tertiary/aromatic N) is 2. The fourth-order valence-electron chi connectivity index (χ4n) is 0.857. The zero-order valence-electron chi connectivity index (χ0n) is 8.27. The van der Waals surface area contributed by atoms with Crippen LogP contribution in [0.25, 0.3) is 0 Å². The van der Waals surface area contributed by atoms with Crippen molar-refractivity contribution in [1.29, 1.82) is 0 Å². The van der Waals surface area contributed by atoms with E-state index in [1.165, 1.54) is 6.42 Å². The topological polar surface area (TPSA) is 16.1 Å². The molecule has 0 saturated carbocycles. The van der Waals surface area contributed by atoms with Gasteiger partial charge in [-0.25, -0.2) is 4.98 Å². The molecule has 0 amide bonds. The summed E-state index contributed by atoms with van der Waals surface area (Å²) in [5.74, 6) is 1.14. The van der Waals surface area contributed by atoms with Crippen LogP contribution >= 0.6 is 48.1 Å². The van der Waals surface area contributed by atoms with Crippen molar-refractivity contribution in [3.05, 3.63) is 6.20 Å². The molecule has 0 aliphatic rings. The molecular weight excluding hydrogens is 256 g/mol. The first-order valence-corrected chi connectivity index (χ1v) is 6.36. The Bertz CT molecular complexity index is 252. The molecule has 0 unspecified atom stereocenters. The van der Waals surface area contributed by atoms with E-state index < -0.39 is 0 Å². The van der Waals surface area contributed by atoms with E-state index in [4.69, 9.17) is 0 Å². The quantitative estimate of drug-likeness (QED) is 0.504. The van der Waals surface area contributed by atoms with E-state index in [0.29, 0.717) is 0 Å². The highest BCUT2D eigenvalue weighted by Crippen LogP contribution is 2.26. The minimum absolute atomic E-state index is 0. The van der Waals surface area contributed by atoms with Crippen LogP contribution in [0.2, 0.25) is 0 Å². The number of thiazole rings is 1. The van der Waals surface area contributed by atoms with Crippen LogP contribution in [0.15, 0.2) is 14.7 Å². The Morgan fingerprint density at radius 2 is 2.29 bits per heavy atom. The largest absolute Gasteiger partial charge is 0.309 e. The molecule has 1 heterocycles. The first-order chi connectivity index (χ1) is 6.18. The van der Waals surface area contributed by atoms with E-state index in [2.05, 4.69) is 36.6 Å². The molecule has 0 aromatic carbocycles. The maximum Gasteiger partial charge on any atom is 0.150 e. The molecule has 14 heavy (non-hydrogen) atoms.